The van der Waals surface area contributed by atoms with E-state index in [1.165, 1.54) is 30.6 Å². The Balaban J connectivity index is 1.78. The first-order valence-corrected chi connectivity index (χ1v) is 9.86. The van der Waals surface area contributed by atoms with E-state index in [0.29, 0.717) is 15.6 Å². The van der Waals surface area contributed by atoms with Crippen LogP contribution >= 0.6 is 0 Å². The molecule has 1 saturated heterocycles. The van der Waals surface area contributed by atoms with Crippen molar-refractivity contribution >= 4 is 17.0 Å². The Bertz CT molecular complexity index is 514. The van der Waals surface area contributed by atoms with Crippen LogP contribution in [0.2, 0.25) is 0 Å². The van der Waals surface area contributed by atoms with Crippen molar-refractivity contribution in [2.75, 3.05) is 5.75 Å². The first kappa shape index (κ1) is 15.2. The van der Waals surface area contributed by atoms with E-state index >= 15 is 0 Å². The van der Waals surface area contributed by atoms with E-state index in [2.05, 4.69) is 64.1 Å². The van der Waals surface area contributed by atoms with Crippen LogP contribution in [0, 0.1) is 11.8 Å². The fourth-order valence-corrected chi connectivity index (χ4v) is 8.07. The third-order valence-corrected chi connectivity index (χ3v) is 9.58. The minimum Gasteiger partial charge on any atom is -0.0622 e. The molecule has 1 aromatic carbocycles. The van der Waals surface area contributed by atoms with Gasteiger partial charge in [0.25, 0.3) is 0 Å². The molecule has 0 N–H and O–H groups in total. The minimum atomic E-state index is 0.555. The summed E-state index contributed by atoms with van der Waals surface area (Å²) in [5.74, 6) is 3.23. The van der Waals surface area contributed by atoms with Crippen molar-refractivity contribution in [3.8, 4) is 0 Å². The second kappa shape index (κ2) is 5.83. The van der Waals surface area contributed by atoms with Crippen molar-refractivity contribution in [2.24, 2.45) is 11.8 Å². The molecule has 1 unspecified atom stereocenters. The molecule has 114 valence electrons. The topological polar surface area (TPSA) is 0 Å². The normalized spacial score (nSPS) is 35.0. The van der Waals surface area contributed by atoms with Gasteiger partial charge >= 0.3 is 0 Å². The van der Waals surface area contributed by atoms with E-state index in [4.69, 9.17) is 0 Å². The first-order valence-electron chi connectivity index (χ1n) is 8.40. The van der Waals surface area contributed by atoms with Crippen LogP contribution in [0.3, 0.4) is 0 Å². The lowest BCUT2D eigenvalue weighted by Crippen LogP contribution is -2.37. The monoisotopic (exact) mass is 301 g/mol. The zero-order chi connectivity index (χ0) is 15.0. The molecule has 1 aromatic rings. The lowest BCUT2D eigenvalue weighted by atomic mass is 9.78. The molecule has 0 spiro atoms. The van der Waals surface area contributed by atoms with Gasteiger partial charge in [0, 0.05) is 29.2 Å². The summed E-state index contributed by atoms with van der Waals surface area (Å²) >= 11 is 0. The van der Waals surface area contributed by atoms with Crippen molar-refractivity contribution in [2.45, 2.75) is 57.0 Å². The number of fused-ring (bicyclic) bond motifs is 2. The molecule has 1 saturated carbocycles. The Morgan fingerprint density at radius 1 is 1.24 bits per heavy atom. The molecule has 0 radical (unpaired) electrons. The summed E-state index contributed by atoms with van der Waals surface area (Å²) in [4.78, 5) is 0. The molecule has 0 aromatic heterocycles. The molecular formula is C20H29S+. The maximum Gasteiger partial charge on any atom is 0.130 e. The zero-order valence-electron chi connectivity index (χ0n) is 13.9. The summed E-state index contributed by atoms with van der Waals surface area (Å²) in [7, 11) is 0.555. The van der Waals surface area contributed by atoms with Crippen molar-refractivity contribution in [1.82, 2.24) is 0 Å². The van der Waals surface area contributed by atoms with Crippen LogP contribution in [0.5, 0.6) is 0 Å². The van der Waals surface area contributed by atoms with Gasteiger partial charge in [-0.1, -0.05) is 43.3 Å². The molecule has 1 aliphatic carbocycles. The Morgan fingerprint density at radius 2 is 1.95 bits per heavy atom. The Labute approximate surface area is 133 Å². The molecule has 2 aliphatic rings. The highest BCUT2D eigenvalue weighted by Crippen LogP contribution is 2.52. The van der Waals surface area contributed by atoms with Crippen molar-refractivity contribution in [1.29, 1.82) is 0 Å². The van der Waals surface area contributed by atoms with Gasteiger partial charge in [0.1, 0.15) is 15.7 Å². The van der Waals surface area contributed by atoms with Crippen LogP contribution in [0.4, 0.5) is 0 Å². The molecule has 1 aliphatic heterocycles. The quantitative estimate of drug-likeness (QED) is 0.664. The van der Waals surface area contributed by atoms with Gasteiger partial charge in [-0.2, -0.15) is 0 Å². The van der Waals surface area contributed by atoms with Gasteiger partial charge in [-0.3, -0.25) is 0 Å². The van der Waals surface area contributed by atoms with Crippen molar-refractivity contribution < 1.29 is 0 Å². The van der Waals surface area contributed by atoms with Crippen LogP contribution in [0.1, 0.15) is 52.5 Å². The predicted molar refractivity (Wildman–Crippen MR) is 96.7 cm³/mol. The number of hydrogen-bond donors (Lipinski definition) is 0. The van der Waals surface area contributed by atoms with Crippen molar-refractivity contribution in [3.63, 3.8) is 0 Å². The average molecular weight is 302 g/mol. The van der Waals surface area contributed by atoms with Gasteiger partial charge in [-0.05, 0) is 44.7 Å². The largest absolute Gasteiger partial charge is 0.130 e. The van der Waals surface area contributed by atoms with Crippen LogP contribution < -0.4 is 0 Å². The smallest absolute Gasteiger partial charge is 0.0622 e. The lowest BCUT2D eigenvalue weighted by Gasteiger charge is -2.24. The molecule has 2 bridgehead atoms. The molecular weight excluding hydrogens is 272 g/mol. The first-order chi connectivity index (χ1) is 9.98. The van der Waals surface area contributed by atoms with Gasteiger partial charge in [-0.15, -0.1) is 0 Å². The Hall–Kier alpha value is -0.690. The van der Waals surface area contributed by atoms with E-state index in [1.807, 2.05) is 0 Å². The number of hydrogen-bond acceptors (Lipinski definition) is 0. The highest BCUT2D eigenvalue weighted by Gasteiger charge is 2.60. The summed E-state index contributed by atoms with van der Waals surface area (Å²) in [6.07, 6.45) is 6.82. The maximum atomic E-state index is 2.55. The second-order valence-corrected chi connectivity index (χ2v) is 10.4. The standard InChI is InChI=1S/C20H29S/c1-15(12-17-8-6-5-7-9-17)14-21-19-13-18(20(21,3)4)11-10-16(19)2/h5-9,12,16,18-19H,10-11,13-14H2,1-4H3/q+1/b15-12+/t16-,18-,19-,21?/m1/s1. The van der Waals surface area contributed by atoms with E-state index in [9.17, 15) is 0 Å². The van der Waals surface area contributed by atoms with Gasteiger partial charge in [0.15, 0.2) is 0 Å². The maximum absolute atomic E-state index is 2.55. The van der Waals surface area contributed by atoms with Gasteiger partial charge < -0.3 is 0 Å². The molecule has 2 fully saturated rings. The highest BCUT2D eigenvalue weighted by atomic mass is 32.2. The molecule has 1 heteroatoms. The van der Waals surface area contributed by atoms with Crippen molar-refractivity contribution in [3.05, 3.63) is 41.5 Å². The molecule has 0 nitrogen and oxygen atoms in total. The van der Waals surface area contributed by atoms with Gasteiger partial charge in [0.2, 0.25) is 0 Å². The molecule has 1 heterocycles. The summed E-state index contributed by atoms with van der Waals surface area (Å²) in [6, 6.07) is 10.8. The summed E-state index contributed by atoms with van der Waals surface area (Å²) in [5, 5.41) is 0.984. The predicted octanol–water partition coefficient (Wildman–Crippen LogP) is 5.31. The van der Waals surface area contributed by atoms with E-state index in [0.717, 1.165) is 17.1 Å². The van der Waals surface area contributed by atoms with Crippen LogP contribution in [-0.4, -0.2) is 15.7 Å². The number of rotatable bonds is 3. The van der Waals surface area contributed by atoms with Gasteiger partial charge in [0.05, 0.1) is 0 Å². The average Bonchev–Trinajstić information content (AvgIpc) is 2.65. The summed E-state index contributed by atoms with van der Waals surface area (Å²) in [6.45, 7) is 9.94. The molecule has 0 amide bonds. The zero-order valence-corrected chi connectivity index (χ0v) is 14.7. The fourth-order valence-electron chi connectivity index (χ4n) is 4.33. The molecule has 4 atom stereocenters. The summed E-state index contributed by atoms with van der Waals surface area (Å²) in [5.41, 5.74) is 2.92. The van der Waals surface area contributed by atoms with Gasteiger partial charge in [-0.25, -0.2) is 0 Å². The highest BCUT2D eigenvalue weighted by molar-refractivity contribution is 7.99. The van der Waals surface area contributed by atoms with Crippen LogP contribution in [-0.2, 0) is 10.9 Å². The molecule has 21 heavy (non-hydrogen) atoms. The van der Waals surface area contributed by atoms with Crippen LogP contribution in [0.15, 0.2) is 35.9 Å². The van der Waals surface area contributed by atoms with E-state index in [-0.39, 0.29) is 0 Å². The third-order valence-electron chi connectivity index (χ3n) is 5.74. The lowest BCUT2D eigenvalue weighted by molar-refractivity contribution is 0.290. The van der Waals surface area contributed by atoms with E-state index < -0.39 is 0 Å². The summed E-state index contributed by atoms with van der Waals surface area (Å²) < 4.78 is 0.557. The SMILES string of the molecule is C/C(=C\c1ccccc1)C[S+]1[C@@H]2C[C@@H](CC[C@H]2C)C1(C)C. The number of benzene rings is 1. The Morgan fingerprint density at radius 3 is 2.67 bits per heavy atom. The Kier molecular flexibility index (Phi) is 4.23. The van der Waals surface area contributed by atoms with Crippen LogP contribution in [0.25, 0.3) is 6.08 Å². The fraction of sp³-hybridized carbons (Fsp3) is 0.600. The molecule has 3 rings (SSSR count). The van der Waals surface area contributed by atoms with E-state index in [1.54, 1.807) is 5.57 Å². The third kappa shape index (κ3) is 2.95. The minimum absolute atomic E-state index is 0.555. The second-order valence-electron chi connectivity index (χ2n) is 7.60.